The number of anilines is 1. The molecule has 0 bridgehead atoms. The third-order valence-electron chi connectivity index (χ3n) is 3.14. The molecule has 90 valence electrons. The summed E-state index contributed by atoms with van der Waals surface area (Å²) in [5.74, 6) is 0. The summed E-state index contributed by atoms with van der Waals surface area (Å²) < 4.78 is 0. The zero-order valence-electron chi connectivity index (χ0n) is 9.99. The van der Waals surface area contributed by atoms with Gasteiger partial charge in [0.2, 0.25) is 0 Å². The first kappa shape index (κ1) is 12.2. The minimum absolute atomic E-state index is 0.691. The summed E-state index contributed by atoms with van der Waals surface area (Å²) in [7, 11) is 2.13. The molecule has 0 aliphatic carbocycles. The highest BCUT2D eigenvalue weighted by Gasteiger charge is 2.15. The van der Waals surface area contributed by atoms with Crippen LogP contribution >= 0.6 is 11.6 Å². The molecule has 0 spiro atoms. The van der Waals surface area contributed by atoms with E-state index in [0.717, 1.165) is 38.3 Å². The molecule has 1 aromatic rings. The van der Waals surface area contributed by atoms with Gasteiger partial charge in [0.05, 0.1) is 11.3 Å². The van der Waals surface area contributed by atoms with Gasteiger partial charge in [-0.1, -0.05) is 11.6 Å². The van der Waals surface area contributed by atoms with E-state index < -0.39 is 0 Å². The van der Waals surface area contributed by atoms with Crippen LogP contribution in [0.1, 0.15) is 12.0 Å². The lowest BCUT2D eigenvalue weighted by Gasteiger charge is -2.24. The first-order chi connectivity index (χ1) is 8.20. The molecule has 1 fully saturated rings. The number of nitrogens with zero attached hydrogens (tertiary/aromatic N) is 3. The van der Waals surface area contributed by atoms with Gasteiger partial charge >= 0.3 is 0 Å². The standard InChI is InChI=1S/C13H16ClN3/c1-16-5-2-6-17(8-7-16)13-9-12(14)4-3-11(13)10-15/h3-4,9H,2,5-8H2,1H3. The van der Waals surface area contributed by atoms with Crippen LogP contribution in [-0.2, 0) is 0 Å². The summed E-state index contributed by atoms with van der Waals surface area (Å²) in [6, 6.07) is 7.70. The Morgan fingerprint density at radius 1 is 1.24 bits per heavy atom. The van der Waals surface area contributed by atoms with Crippen LogP contribution < -0.4 is 4.90 Å². The highest BCUT2D eigenvalue weighted by Crippen LogP contribution is 2.25. The number of hydrogen-bond donors (Lipinski definition) is 0. The number of nitriles is 1. The fourth-order valence-electron chi connectivity index (χ4n) is 2.15. The predicted molar refractivity (Wildman–Crippen MR) is 70.5 cm³/mol. The van der Waals surface area contributed by atoms with Gasteiger partial charge in [-0.15, -0.1) is 0 Å². The van der Waals surface area contributed by atoms with E-state index in [9.17, 15) is 0 Å². The minimum atomic E-state index is 0.691. The van der Waals surface area contributed by atoms with Crippen LogP contribution in [0.15, 0.2) is 18.2 Å². The molecule has 2 rings (SSSR count). The lowest BCUT2D eigenvalue weighted by atomic mass is 10.1. The van der Waals surface area contributed by atoms with Crippen molar-refractivity contribution in [3.8, 4) is 6.07 Å². The van der Waals surface area contributed by atoms with Crippen molar-refractivity contribution in [2.75, 3.05) is 38.1 Å². The van der Waals surface area contributed by atoms with Gasteiger partial charge < -0.3 is 9.80 Å². The normalized spacial score (nSPS) is 17.6. The van der Waals surface area contributed by atoms with Crippen molar-refractivity contribution in [1.29, 1.82) is 5.26 Å². The maximum absolute atomic E-state index is 9.13. The largest absolute Gasteiger partial charge is 0.369 e. The Morgan fingerprint density at radius 3 is 2.82 bits per heavy atom. The monoisotopic (exact) mass is 249 g/mol. The lowest BCUT2D eigenvalue weighted by Crippen LogP contribution is -2.29. The molecule has 0 N–H and O–H groups in total. The molecule has 0 amide bonds. The molecule has 1 heterocycles. The smallest absolute Gasteiger partial charge is 0.101 e. The molecule has 0 unspecified atom stereocenters. The average Bonchev–Trinajstić information content (AvgIpc) is 2.54. The number of likely N-dealkylation sites (N-methyl/N-ethyl adjacent to an activating group) is 1. The van der Waals surface area contributed by atoms with Crippen LogP contribution in [0.3, 0.4) is 0 Å². The van der Waals surface area contributed by atoms with Gasteiger partial charge in [-0.3, -0.25) is 0 Å². The molecule has 1 aliphatic rings. The molecular formula is C13H16ClN3. The molecule has 0 radical (unpaired) electrons. The Balaban J connectivity index is 2.26. The number of benzene rings is 1. The average molecular weight is 250 g/mol. The molecule has 0 aromatic heterocycles. The van der Waals surface area contributed by atoms with Crippen LogP contribution in [0, 0.1) is 11.3 Å². The zero-order valence-corrected chi connectivity index (χ0v) is 10.7. The van der Waals surface area contributed by atoms with Crippen LogP contribution in [0.5, 0.6) is 0 Å². The molecule has 1 aliphatic heterocycles. The molecule has 1 saturated heterocycles. The zero-order chi connectivity index (χ0) is 12.3. The highest BCUT2D eigenvalue weighted by molar-refractivity contribution is 6.30. The molecule has 4 heteroatoms. The van der Waals surface area contributed by atoms with Gasteiger partial charge in [-0.2, -0.15) is 5.26 Å². The van der Waals surface area contributed by atoms with E-state index in [2.05, 4.69) is 22.9 Å². The number of rotatable bonds is 1. The Bertz CT molecular complexity index is 439. The first-order valence-corrected chi connectivity index (χ1v) is 6.21. The van der Waals surface area contributed by atoms with Gasteiger partial charge in [-0.25, -0.2) is 0 Å². The van der Waals surface area contributed by atoms with Crippen molar-refractivity contribution >= 4 is 17.3 Å². The van der Waals surface area contributed by atoms with Crippen LogP contribution in [0.4, 0.5) is 5.69 Å². The van der Waals surface area contributed by atoms with E-state index in [1.807, 2.05) is 6.07 Å². The maximum atomic E-state index is 9.13. The summed E-state index contributed by atoms with van der Waals surface area (Å²) in [5, 5.41) is 9.82. The van der Waals surface area contributed by atoms with Gasteiger partial charge in [0.15, 0.2) is 0 Å². The van der Waals surface area contributed by atoms with E-state index in [1.165, 1.54) is 0 Å². The second-order valence-electron chi connectivity index (χ2n) is 4.42. The Hall–Kier alpha value is -1.24. The molecule has 0 atom stereocenters. The second-order valence-corrected chi connectivity index (χ2v) is 4.85. The van der Waals surface area contributed by atoms with Crippen LogP contribution in [0.25, 0.3) is 0 Å². The van der Waals surface area contributed by atoms with E-state index in [4.69, 9.17) is 16.9 Å². The quantitative estimate of drug-likeness (QED) is 0.766. The van der Waals surface area contributed by atoms with Crippen LogP contribution in [-0.4, -0.2) is 38.1 Å². The van der Waals surface area contributed by atoms with Gasteiger partial charge in [0, 0.05) is 24.7 Å². The van der Waals surface area contributed by atoms with E-state index in [0.29, 0.717) is 10.6 Å². The van der Waals surface area contributed by atoms with Gasteiger partial charge in [0.25, 0.3) is 0 Å². The molecule has 17 heavy (non-hydrogen) atoms. The van der Waals surface area contributed by atoms with Gasteiger partial charge in [0.1, 0.15) is 6.07 Å². The Labute approximate surface area is 107 Å². The minimum Gasteiger partial charge on any atom is -0.369 e. The van der Waals surface area contributed by atoms with Crippen molar-refractivity contribution in [1.82, 2.24) is 4.90 Å². The topological polar surface area (TPSA) is 30.3 Å². The van der Waals surface area contributed by atoms with E-state index in [1.54, 1.807) is 12.1 Å². The van der Waals surface area contributed by atoms with Crippen LogP contribution in [0.2, 0.25) is 5.02 Å². The third-order valence-corrected chi connectivity index (χ3v) is 3.38. The second kappa shape index (κ2) is 5.39. The first-order valence-electron chi connectivity index (χ1n) is 5.84. The predicted octanol–water partition coefficient (Wildman–Crippen LogP) is 2.35. The molecule has 1 aromatic carbocycles. The fraction of sp³-hybridized carbons (Fsp3) is 0.462. The maximum Gasteiger partial charge on any atom is 0.101 e. The number of hydrogen-bond acceptors (Lipinski definition) is 3. The Morgan fingerprint density at radius 2 is 2.06 bits per heavy atom. The summed E-state index contributed by atoms with van der Waals surface area (Å²) in [6.07, 6.45) is 1.12. The molecule has 3 nitrogen and oxygen atoms in total. The summed E-state index contributed by atoms with van der Waals surface area (Å²) in [5.41, 5.74) is 1.68. The Kier molecular flexibility index (Phi) is 3.88. The van der Waals surface area contributed by atoms with E-state index in [-0.39, 0.29) is 0 Å². The van der Waals surface area contributed by atoms with Gasteiger partial charge in [-0.05, 0) is 38.2 Å². The summed E-state index contributed by atoms with van der Waals surface area (Å²) >= 11 is 6.02. The SMILES string of the molecule is CN1CCCN(c2cc(Cl)ccc2C#N)CC1. The third kappa shape index (κ3) is 2.91. The summed E-state index contributed by atoms with van der Waals surface area (Å²) in [6.45, 7) is 4.07. The van der Waals surface area contributed by atoms with Crippen molar-refractivity contribution in [3.05, 3.63) is 28.8 Å². The van der Waals surface area contributed by atoms with Crippen molar-refractivity contribution in [2.24, 2.45) is 0 Å². The number of halogens is 1. The molecular weight excluding hydrogens is 234 g/mol. The molecule has 0 saturated carbocycles. The highest BCUT2D eigenvalue weighted by atomic mass is 35.5. The van der Waals surface area contributed by atoms with Crippen molar-refractivity contribution in [3.63, 3.8) is 0 Å². The lowest BCUT2D eigenvalue weighted by molar-refractivity contribution is 0.360. The van der Waals surface area contributed by atoms with Crippen molar-refractivity contribution < 1.29 is 0 Å². The van der Waals surface area contributed by atoms with Crippen molar-refractivity contribution in [2.45, 2.75) is 6.42 Å². The summed E-state index contributed by atoms with van der Waals surface area (Å²) in [4.78, 5) is 4.57. The van der Waals surface area contributed by atoms with E-state index >= 15 is 0 Å². The fourth-order valence-corrected chi connectivity index (χ4v) is 2.31.